The van der Waals surface area contributed by atoms with E-state index in [1.807, 2.05) is 84.9 Å². The molecule has 11 rings (SSSR count). The lowest BCUT2D eigenvalue weighted by Gasteiger charge is -2.19. The molecule has 11 aromatic rings. The molecule has 0 saturated heterocycles. The molecule has 0 bridgehead atoms. The number of hydrogen-bond acceptors (Lipinski definition) is 6. The van der Waals surface area contributed by atoms with Crippen LogP contribution in [0, 0.1) is 56.7 Å². The van der Waals surface area contributed by atoms with Crippen LogP contribution < -0.4 is 0 Å². The minimum absolute atomic E-state index is 0.386. The molecule has 0 fully saturated rings. The van der Waals surface area contributed by atoms with Crippen molar-refractivity contribution in [3.63, 3.8) is 0 Å². The molecular weight excluding hydrogens is 809 g/mol. The standard InChI is InChI=1S/C58H30N8/c59-31-36-16-20-44(42(25-36)33-61)39-18-22-49-47-11-4-6-14-52(47)65(54(49)27-39)56-29-41(46-13-8-24-64-58(46)38-9-2-1-3-10-38)30-57(51(56)35-63)66-53-15-7-5-12-48(53)50-23-19-40(28-55(50)66)45-21-17-37(32-60)26-43(45)34-62/h1-30H. The van der Waals surface area contributed by atoms with E-state index >= 15 is 0 Å². The van der Waals surface area contributed by atoms with Crippen molar-refractivity contribution in [3.05, 3.63) is 210 Å². The topological polar surface area (TPSA) is 142 Å². The summed E-state index contributed by atoms with van der Waals surface area (Å²) in [5, 5.41) is 55.3. The molecule has 0 spiro atoms. The first-order chi connectivity index (χ1) is 32.5. The summed E-state index contributed by atoms with van der Waals surface area (Å²) >= 11 is 0. The highest BCUT2D eigenvalue weighted by Crippen LogP contribution is 2.43. The Labute approximate surface area is 378 Å². The van der Waals surface area contributed by atoms with E-state index in [0.29, 0.717) is 50.3 Å². The van der Waals surface area contributed by atoms with Gasteiger partial charge in [0, 0.05) is 38.9 Å². The van der Waals surface area contributed by atoms with E-state index in [1.54, 1.807) is 30.5 Å². The third-order valence-corrected chi connectivity index (χ3v) is 12.4. The number of pyridine rings is 1. The number of fused-ring (bicyclic) bond motifs is 6. The summed E-state index contributed by atoms with van der Waals surface area (Å²) in [5.41, 5.74) is 13.0. The molecule has 0 atom stereocenters. The molecule has 0 unspecified atom stereocenters. The van der Waals surface area contributed by atoms with E-state index in [2.05, 4.69) is 106 Å². The number of benzene rings is 8. The summed E-state index contributed by atoms with van der Waals surface area (Å²) in [5.74, 6) is 0. The van der Waals surface area contributed by atoms with Crippen molar-refractivity contribution < 1.29 is 0 Å². The highest BCUT2D eigenvalue weighted by Gasteiger charge is 2.24. The van der Waals surface area contributed by atoms with E-state index in [-0.39, 0.29) is 0 Å². The fraction of sp³-hybridized carbons (Fsp3) is 0. The van der Waals surface area contributed by atoms with Crippen LogP contribution in [0.5, 0.6) is 0 Å². The Morgan fingerprint density at radius 3 is 1.35 bits per heavy atom. The van der Waals surface area contributed by atoms with Crippen LogP contribution in [0.2, 0.25) is 0 Å². The maximum atomic E-state index is 11.7. The van der Waals surface area contributed by atoms with Gasteiger partial charge in [0.1, 0.15) is 11.6 Å². The lowest BCUT2D eigenvalue weighted by atomic mass is 9.95. The number of para-hydroxylation sites is 2. The Morgan fingerprint density at radius 2 is 0.848 bits per heavy atom. The maximum Gasteiger partial charge on any atom is 0.104 e. The van der Waals surface area contributed by atoms with E-state index < -0.39 is 0 Å². The molecular formula is C58H30N8. The average Bonchev–Trinajstić information content (AvgIpc) is 3.90. The molecule has 8 heteroatoms. The molecule has 0 N–H and O–H groups in total. The zero-order valence-electron chi connectivity index (χ0n) is 34.9. The zero-order chi connectivity index (χ0) is 44.9. The molecule has 0 aliphatic carbocycles. The number of aromatic nitrogens is 3. The van der Waals surface area contributed by atoms with Gasteiger partial charge >= 0.3 is 0 Å². The van der Waals surface area contributed by atoms with Crippen LogP contribution in [0.25, 0.3) is 99.6 Å². The van der Waals surface area contributed by atoms with Crippen LogP contribution in [0.15, 0.2) is 182 Å². The van der Waals surface area contributed by atoms with Crippen LogP contribution in [-0.4, -0.2) is 14.1 Å². The molecule has 3 aromatic heterocycles. The van der Waals surface area contributed by atoms with Crippen LogP contribution in [0.1, 0.15) is 27.8 Å². The Kier molecular flexibility index (Phi) is 9.24. The number of nitrogens with zero attached hydrogens (tertiary/aromatic N) is 8. The fourth-order valence-corrected chi connectivity index (χ4v) is 9.41. The molecule has 3 heterocycles. The second-order valence-electron chi connectivity index (χ2n) is 15.9. The Morgan fingerprint density at radius 1 is 0.348 bits per heavy atom. The first kappa shape index (κ1) is 38.9. The van der Waals surface area contributed by atoms with Crippen LogP contribution >= 0.6 is 0 Å². The number of nitriles is 5. The van der Waals surface area contributed by atoms with Crippen molar-refractivity contribution in [1.82, 2.24) is 14.1 Å². The molecule has 8 aromatic carbocycles. The van der Waals surface area contributed by atoms with Gasteiger partial charge in [-0.25, -0.2) is 0 Å². The van der Waals surface area contributed by atoms with E-state index in [4.69, 9.17) is 4.98 Å². The third-order valence-electron chi connectivity index (χ3n) is 12.4. The van der Waals surface area contributed by atoms with Crippen molar-refractivity contribution in [2.24, 2.45) is 0 Å². The molecule has 66 heavy (non-hydrogen) atoms. The van der Waals surface area contributed by atoms with Gasteiger partial charge in [0.05, 0.1) is 85.7 Å². The van der Waals surface area contributed by atoms with Gasteiger partial charge in [0.25, 0.3) is 0 Å². The van der Waals surface area contributed by atoms with Crippen molar-refractivity contribution in [2.45, 2.75) is 0 Å². The summed E-state index contributed by atoms with van der Waals surface area (Å²) in [6.07, 6.45) is 1.79. The van der Waals surface area contributed by atoms with Crippen molar-refractivity contribution in [2.75, 3.05) is 0 Å². The third kappa shape index (κ3) is 6.14. The molecule has 0 amide bonds. The molecule has 0 aliphatic rings. The van der Waals surface area contributed by atoms with Gasteiger partial charge in [0.15, 0.2) is 0 Å². The predicted molar refractivity (Wildman–Crippen MR) is 258 cm³/mol. The largest absolute Gasteiger partial charge is 0.308 e. The highest BCUT2D eigenvalue weighted by atomic mass is 15.0. The van der Waals surface area contributed by atoms with Crippen LogP contribution in [0.4, 0.5) is 0 Å². The number of hydrogen-bond donors (Lipinski definition) is 0. The number of rotatable bonds is 6. The molecule has 0 saturated carbocycles. The lowest BCUT2D eigenvalue weighted by molar-refractivity contribution is 1.12. The Hall–Kier alpha value is -10.0. The summed E-state index contributed by atoms with van der Waals surface area (Å²) in [4.78, 5) is 4.93. The van der Waals surface area contributed by atoms with Gasteiger partial charge in [-0.1, -0.05) is 109 Å². The summed E-state index contributed by atoms with van der Waals surface area (Å²) < 4.78 is 4.28. The minimum atomic E-state index is 0.386. The van der Waals surface area contributed by atoms with Crippen molar-refractivity contribution in [3.8, 4) is 86.4 Å². The van der Waals surface area contributed by atoms with Crippen molar-refractivity contribution in [1.29, 1.82) is 26.3 Å². The van der Waals surface area contributed by atoms with Gasteiger partial charge in [-0.3, -0.25) is 4.98 Å². The summed E-state index contributed by atoms with van der Waals surface area (Å²) in [7, 11) is 0. The molecule has 0 radical (unpaired) electrons. The fourth-order valence-electron chi connectivity index (χ4n) is 9.41. The van der Waals surface area contributed by atoms with E-state index in [0.717, 1.165) is 77.1 Å². The first-order valence-electron chi connectivity index (χ1n) is 21.1. The van der Waals surface area contributed by atoms with Gasteiger partial charge in [-0.05, 0) is 94.5 Å². The van der Waals surface area contributed by atoms with Gasteiger partial charge < -0.3 is 9.13 Å². The molecule has 8 nitrogen and oxygen atoms in total. The Balaban J connectivity index is 1.27. The monoisotopic (exact) mass is 838 g/mol. The van der Waals surface area contributed by atoms with E-state index in [1.165, 1.54) is 0 Å². The second kappa shape index (κ2) is 15.7. The summed E-state index contributed by atoms with van der Waals surface area (Å²) in [6.45, 7) is 0. The van der Waals surface area contributed by atoms with Crippen LogP contribution in [0.3, 0.4) is 0 Å². The lowest BCUT2D eigenvalue weighted by Crippen LogP contribution is -2.06. The van der Waals surface area contributed by atoms with Gasteiger partial charge in [-0.15, -0.1) is 0 Å². The van der Waals surface area contributed by atoms with Gasteiger partial charge in [-0.2, -0.15) is 26.3 Å². The quantitative estimate of drug-likeness (QED) is 0.163. The van der Waals surface area contributed by atoms with Crippen molar-refractivity contribution >= 4 is 43.6 Å². The molecule has 0 aliphatic heterocycles. The smallest absolute Gasteiger partial charge is 0.104 e. The summed E-state index contributed by atoms with van der Waals surface area (Å²) in [6, 6.07) is 68.5. The maximum absolute atomic E-state index is 11.7. The Bertz CT molecular complexity index is 3850. The SMILES string of the molecule is N#Cc1ccc(-c2ccc3c4ccccc4n(-c4cc(-c5cccnc5-c5ccccc5)cc(-n5c6ccccc6c6ccc(-c7ccc(C#N)cc7C#N)cc65)c4C#N)c3c2)c(C#N)c1. The predicted octanol–water partition coefficient (Wildman–Crippen LogP) is 13.3. The average molecular weight is 839 g/mol. The highest BCUT2D eigenvalue weighted by molar-refractivity contribution is 6.12. The van der Waals surface area contributed by atoms with Crippen LogP contribution in [-0.2, 0) is 0 Å². The zero-order valence-corrected chi connectivity index (χ0v) is 34.9. The second-order valence-corrected chi connectivity index (χ2v) is 15.9. The van der Waals surface area contributed by atoms with E-state index in [9.17, 15) is 26.3 Å². The van der Waals surface area contributed by atoms with Gasteiger partial charge in [0.2, 0.25) is 0 Å². The first-order valence-corrected chi connectivity index (χ1v) is 21.1. The normalized spacial score (nSPS) is 11.0. The minimum Gasteiger partial charge on any atom is -0.308 e. The molecule has 302 valence electrons.